The van der Waals surface area contributed by atoms with E-state index in [1.165, 1.54) is 0 Å². The predicted molar refractivity (Wildman–Crippen MR) is 106 cm³/mol. The summed E-state index contributed by atoms with van der Waals surface area (Å²) in [5.41, 5.74) is 0.771. The number of morpholine rings is 1. The summed E-state index contributed by atoms with van der Waals surface area (Å²) in [6.45, 7) is 5.41. The molecule has 0 aliphatic carbocycles. The van der Waals surface area contributed by atoms with Crippen LogP contribution in [0.3, 0.4) is 0 Å². The number of hydrogen-bond donors (Lipinski definition) is 0. The Morgan fingerprint density at radius 1 is 1.22 bits per heavy atom. The molecule has 1 aromatic carbocycles. The minimum Gasteiger partial charge on any atom is -0.379 e. The molecule has 0 radical (unpaired) electrons. The van der Waals surface area contributed by atoms with Crippen molar-refractivity contribution in [3.8, 4) is 0 Å². The molecule has 1 aromatic heterocycles. The third kappa shape index (κ3) is 3.84. The van der Waals surface area contributed by atoms with Gasteiger partial charge in [-0.2, -0.15) is 4.31 Å². The SMILES string of the molecule is Cn1c(=O)sc2cc(S(=O)(=O)N3CCC[C@@H](CN4CCOCC4)C3)ccc21. The zero-order valence-corrected chi connectivity index (χ0v) is 17.1. The molecule has 148 valence electrons. The molecule has 0 bridgehead atoms. The highest BCUT2D eigenvalue weighted by atomic mass is 32.2. The molecule has 2 aromatic rings. The third-order valence-electron chi connectivity index (χ3n) is 5.50. The molecule has 0 unspecified atom stereocenters. The first-order valence-corrected chi connectivity index (χ1v) is 11.6. The molecule has 7 nitrogen and oxygen atoms in total. The van der Waals surface area contributed by atoms with Crippen LogP contribution >= 0.6 is 11.3 Å². The Kier molecular flexibility index (Phi) is 5.39. The van der Waals surface area contributed by atoms with Crippen molar-refractivity contribution in [2.24, 2.45) is 13.0 Å². The van der Waals surface area contributed by atoms with Crippen molar-refractivity contribution >= 4 is 31.6 Å². The second kappa shape index (κ2) is 7.63. The zero-order chi connectivity index (χ0) is 19.0. The first kappa shape index (κ1) is 19.1. The summed E-state index contributed by atoms with van der Waals surface area (Å²) in [6, 6.07) is 4.99. The van der Waals surface area contributed by atoms with E-state index in [0.717, 1.165) is 62.5 Å². The van der Waals surface area contributed by atoms with Crippen LogP contribution in [0, 0.1) is 5.92 Å². The van der Waals surface area contributed by atoms with Gasteiger partial charge in [-0.05, 0) is 37.0 Å². The first-order chi connectivity index (χ1) is 12.9. The standard InChI is InChI=1S/C18H25N3O4S2/c1-19-16-5-4-15(11-17(16)26-18(19)22)27(23,24)21-6-2-3-14(13-21)12-20-7-9-25-10-8-20/h4-5,11,14H,2-3,6-10,12-13H2,1H3/t14-/m0/s1. The summed E-state index contributed by atoms with van der Waals surface area (Å²) in [4.78, 5) is 14.4. The summed E-state index contributed by atoms with van der Waals surface area (Å²) in [6.07, 6.45) is 1.94. The Bertz CT molecular complexity index is 976. The van der Waals surface area contributed by atoms with Crippen LogP contribution in [-0.2, 0) is 21.8 Å². The lowest BCUT2D eigenvalue weighted by Gasteiger charge is -2.36. The van der Waals surface area contributed by atoms with Crippen LogP contribution in [0.5, 0.6) is 0 Å². The lowest BCUT2D eigenvalue weighted by atomic mass is 9.99. The fourth-order valence-corrected chi connectivity index (χ4v) is 6.54. The largest absolute Gasteiger partial charge is 0.379 e. The molecule has 1 atom stereocenters. The quantitative estimate of drug-likeness (QED) is 0.759. The van der Waals surface area contributed by atoms with Crippen molar-refractivity contribution in [2.75, 3.05) is 45.9 Å². The number of hydrogen-bond acceptors (Lipinski definition) is 6. The Balaban J connectivity index is 1.53. The van der Waals surface area contributed by atoms with Crippen molar-refractivity contribution < 1.29 is 13.2 Å². The number of rotatable bonds is 4. The normalized spacial score (nSPS) is 23.1. The summed E-state index contributed by atoms with van der Waals surface area (Å²) in [5.74, 6) is 0.350. The molecule has 2 saturated heterocycles. The van der Waals surface area contributed by atoms with Gasteiger partial charge in [0.1, 0.15) is 0 Å². The van der Waals surface area contributed by atoms with E-state index in [2.05, 4.69) is 4.90 Å². The van der Waals surface area contributed by atoms with Gasteiger partial charge in [0.05, 0.1) is 28.3 Å². The van der Waals surface area contributed by atoms with Crippen LogP contribution in [0.15, 0.2) is 27.9 Å². The number of thiazole rings is 1. The van der Waals surface area contributed by atoms with Crippen LogP contribution in [0.2, 0.25) is 0 Å². The molecule has 0 saturated carbocycles. The number of aryl methyl sites for hydroxylation is 1. The molecule has 2 fully saturated rings. The van der Waals surface area contributed by atoms with E-state index >= 15 is 0 Å². The van der Waals surface area contributed by atoms with Crippen LogP contribution in [0.25, 0.3) is 10.2 Å². The Morgan fingerprint density at radius 3 is 2.78 bits per heavy atom. The van der Waals surface area contributed by atoms with E-state index < -0.39 is 10.0 Å². The average Bonchev–Trinajstić information content (AvgIpc) is 2.96. The molecule has 0 N–H and O–H groups in total. The van der Waals surface area contributed by atoms with Gasteiger partial charge in [-0.15, -0.1) is 0 Å². The lowest BCUT2D eigenvalue weighted by molar-refractivity contribution is 0.0265. The summed E-state index contributed by atoms with van der Waals surface area (Å²) < 4.78 is 35.6. The van der Waals surface area contributed by atoms with E-state index in [1.54, 1.807) is 34.1 Å². The second-order valence-corrected chi connectivity index (χ2v) is 10.3. The highest BCUT2D eigenvalue weighted by Crippen LogP contribution is 2.27. The van der Waals surface area contributed by atoms with Gasteiger partial charge in [-0.3, -0.25) is 9.69 Å². The van der Waals surface area contributed by atoms with Crippen molar-refractivity contribution in [2.45, 2.75) is 17.7 Å². The van der Waals surface area contributed by atoms with Gasteiger partial charge < -0.3 is 9.30 Å². The number of nitrogens with zero attached hydrogens (tertiary/aromatic N) is 3. The van der Waals surface area contributed by atoms with Gasteiger partial charge in [-0.1, -0.05) is 11.3 Å². The Hall–Kier alpha value is -1.26. The minimum absolute atomic E-state index is 0.0805. The van der Waals surface area contributed by atoms with Gasteiger partial charge in [0.2, 0.25) is 10.0 Å². The van der Waals surface area contributed by atoms with Gasteiger partial charge in [-0.25, -0.2) is 8.42 Å². The zero-order valence-electron chi connectivity index (χ0n) is 15.5. The Labute approximate surface area is 163 Å². The maximum absolute atomic E-state index is 13.2. The molecule has 4 rings (SSSR count). The molecule has 2 aliphatic rings. The highest BCUT2D eigenvalue weighted by molar-refractivity contribution is 7.89. The van der Waals surface area contributed by atoms with Crippen LogP contribution in [0.4, 0.5) is 0 Å². The second-order valence-electron chi connectivity index (χ2n) is 7.34. The van der Waals surface area contributed by atoms with Crippen molar-refractivity contribution in [3.63, 3.8) is 0 Å². The smallest absolute Gasteiger partial charge is 0.307 e. The van der Waals surface area contributed by atoms with E-state index in [-0.39, 0.29) is 9.77 Å². The van der Waals surface area contributed by atoms with Crippen LogP contribution < -0.4 is 4.87 Å². The number of sulfonamides is 1. The third-order valence-corrected chi connectivity index (χ3v) is 8.36. The summed E-state index contributed by atoms with van der Waals surface area (Å²) >= 11 is 1.09. The van der Waals surface area contributed by atoms with Gasteiger partial charge in [0, 0.05) is 39.8 Å². The molecule has 9 heteroatoms. The van der Waals surface area contributed by atoms with E-state index in [9.17, 15) is 13.2 Å². The summed E-state index contributed by atoms with van der Waals surface area (Å²) in [7, 11) is -1.84. The molecule has 2 aliphatic heterocycles. The monoisotopic (exact) mass is 411 g/mol. The number of fused-ring (bicyclic) bond motifs is 1. The fourth-order valence-electron chi connectivity index (χ4n) is 3.97. The topological polar surface area (TPSA) is 71.9 Å². The van der Waals surface area contributed by atoms with Gasteiger partial charge in [0.25, 0.3) is 0 Å². The van der Waals surface area contributed by atoms with Crippen LogP contribution in [-0.4, -0.2) is 68.1 Å². The maximum Gasteiger partial charge on any atom is 0.307 e. The molecular weight excluding hydrogens is 386 g/mol. The minimum atomic E-state index is -3.55. The number of benzene rings is 1. The van der Waals surface area contributed by atoms with Crippen molar-refractivity contribution in [3.05, 3.63) is 27.9 Å². The molecule has 3 heterocycles. The van der Waals surface area contributed by atoms with Gasteiger partial charge >= 0.3 is 4.87 Å². The van der Waals surface area contributed by atoms with E-state index in [0.29, 0.717) is 23.7 Å². The van der Waals surface area contributed by atoms with E-state index in [1.807, 2.05) is 0 Å². The Morgan fingerprint density at radius 2 is 2.00 bits per heavy atom. The number of ether oxygens (including phenoxy) is 1. The number of piperidine rings is 1. The number of aromatic nitrogens is 1. The predicted octanol–water partition coefficient (Wildman–Crippen LogP) is 1.33. The fraction of sp³-hybridized carbons (Fsp3) is 0.611. The molecular formula is C18H25N3O4S2. The highest BCUT2D eigenvalue weighted by Gasteiger charge is 2.31. The summed E-state index contributed by atoms with van der Waals surface area (Å²) in [5, 5.41) is 0. The molecule has 0 amide bonds. The van der Waals surface area contributed by atoms with Crippen LogP contribution in [0.1, 0.15) is 12.8 Å². The lowest BCUT2D eigenvalue weighted by Crippen LogP contribution is -2.46. The first-order valence-electron chi connectivity index (χ1n) is 9.35. The maximum atomic E-state index is 13.2. The van der Waals surface area contributed by atoms with Crippen molar-refractivity contribution in [1.82, 2.24) is 13.8 Å². The molecule has 0 spiro atoms. The van der Waals surface area contributed by atoms with E-state index in [4.69, 9.17) is 4.74 Å². The van der Waals surface area contributed by atoms with Crippen molar-refractivity contribution in [1.29, 1.82) is 0 Å². The van der Waals surface area contributed by atoms with Gasteiger partial charge in [0.15, 0.2) is 0 Å². The molecule has 27 heavy (non-hydrogen) atoms. The average molecular weight is 412 g/mol.